The number of ketones is 1. The molecule has 0 bridgehead atoms. The lowest BCUT2D eigenvalue weighted by atomic mass is 10.1. The number of rotatable bonds is 2. The van der Waals surface area contributed by atoms with Gasteiger partial charge in [0.05, 0.1) is 0 Å². The van der Waals surface area contributed by atoms with Crippen LogP contribution < -0.4 is 5.32 Å². The monoisotopic (exact) mass is 341 g/mol. The van der Waals surface area contributed by atoms with Crippen LogP contribution in [0.1, 0.15) is 32.1 Å². The second-order valence-corrected chi connectivity index (χ2v) is 5.55. The highest BCUT2D eigenvalue weighted by atomic mass is 127. The van der Waals surface area contributed by atoms with Gasteiger partial charge in [0.1, 0.15) is 0 Å². The van der Waals surface area contributed by atoms with Crippen molar-refractivity contribution in [3.8, 4) is 0 Å². The fourth-order valence-electron chi connectivity index (χ4n) is 1.95. The van der Waals surface area contributed by atoms with Crippen molar-refractivity contribution in [3.63, 3.8) is 0 Å². The SMILES string of the molecule is O=C1CCCCCC1=CNc1ccc(I)cc1. The smallest absolute Gasteiger partial charge is 0.160 e. The van der Waals surface area contributed by atoms with E-state index in [1.165, 1.54) is 9.99 Å². The zero-order chi connectivity index (χ0) is 12.1. The Bertz CT molecular complexity index is 422. The fraction of sp³-hybridized carbons (Fsp3) is 0.357. The van der Waals surface area contributed by atoms with Crippen molar-refractivity contribution in [3.05, 3.63) is 39.6 Å². The van der Waals surface area contributed by atoms with E-state index in [4.69, 9.17) is 0 Å². The van der Waals surface area contributed by atoms with Crippen LogP contribution in [-0.4, -0.2) is 5.78 Å². The number of Topliss-reactive ketones (excluding diaryl/α,β-unsaturated/α-hetero) is 1. The molecule has 0 radical (unpaired) electrons. The molecular weight excluding hydrogens is 325 g/mol. The molecule has 1 aliphatic carbocycles. The third-order valence-corrected chi connectivity index (χ3v) is 3.68. The van der Waals surface area contributed by atoms with Gasteiger partial charge in [-0.25, -0.2) is 0 Å². The van der Waals surface area contributed by atoms with E-state index in [-0.39, 0.29) is 0 Å². The van der Waals surface area contributed by atoms with Gasteiger partial charge in [-0.15, -0.1) is 0 Å². The maximum Gasteiger partial charge on any atom is 0.160 e. The van der Waals surface area contributed by atoms with Crippen molar-refractivity contribution in [1.82, 2.24) is 0 Å². The van der Waals surface area contributed by atoms with Gasteiger partial charge in [-0.05, 0) is 66.1 Å². The predicted molar refractivity (Wildman–Crippen MR) is 79.0 cm³/mol. The van der Waals surface area contributed by atoms with Crippen LogP contribution in [0.4, 0.5) is 5.69 Å². The summed E-state index contributed by atoms with van der Waals surface area (Å²) in [7, 11) is 0. The third-order valence-electron chi connectivity index (χ3n) is 2.97. The van der Waals surface area contributed by atoms with Crippen molar-refractivity contribution in [2.75, 3.05) is 5.32 Å². The maximum absolute atomic E-state index is 11.8. The van der Waals surface area contributed by atoms with Crippen LogP contribution in [0.3, 0.4) is 0 Å². The van der Waals surface area contributed by atoms with Gasteiger partial charge in [0.25, 0.3) is 0 Å². The summed E-state index contributed by atoms with van der Waals surface area (Å²) in [6.45, 7) is 0. The second kappa shape index (κ2) is 6.19. The number of hydrogen-bond donors (Lipinski definition) is 1. The number of benzene rings is 1. The van der Waals surface area contributed by atoms with Gasteiger partial charge in [0.15, 0.2) is 5.78 Å². The lowest BCUT2D eigenvalue weighted by Gasteiger charge is -2.04. The van der Waals surface area contributed by atoms with E-state index in [2.05, 4.69) is 40.0 Å². The Hall–Kier alpha value is -0.840. The van der Waals surface area contributed by atoms with Crippen LogP contribution in [-0.2, 0) is 4.79 Å². The standard InChI is InChI=1S/C14H16INO/c15-12-6-8-13(9-7-12)16-10-11-4-2-1-3-5-14(11)17/h6-10,16H,1-5H2. The van der Waals surface area contributed by atoms with Gasteiger partial charge in [-0.1, -0.05) is 6.42 Å². The highest BCUT2D eigenvalue weighted by Gasteiger charge is 2.12. The maximum atomic E-state index is 11.8. The van der Waals surface area contributed by atoms with E-state index in [0.29, 0.717) is 12.2 Å². The number of nitrogens with one attached hydrogen (secondary N) is 1. The van der Waals surface area contributed by atoms with Gasteiger partial charge >= 0.3 is 0 Å². The van der Waals surface area contributed by atoms with E-state index in [9.17, 15) is 4.79 Å². The highest BCUT2D eigenvalue weighted by Crippen LogP contribution is 2.19. The Morgan fingerprint density at radius 1 is 1.06 bits per heavy atom. The average Bonchev–Trinajstić information content (AvgIpc) is 2.54. The molecule has 0 aliphatic heterocycles. The molecule has 2 nitrogen and oxygen atoms in total. The van der Waals surface area contributed by atoms with Crippen LogP contribution >= 0.6 is 22.6 Å². The van der Waals surface area contributed by atoms with Crippen molar-refractivity contribution in [2.45, 2.75) is 32.1 Å². The van der Waals surface area contributed by atoms with Crippen LogP contribution in [0.25, 0.3) is 0 Å². The molecule has 1 aromatic carbocycles. The minimum atomic E-state index is 0.306. The molecule has 1 saturated carbocycles. The number of allylic oxidation sites excluding steroid dienone is 1. The summed E-state index contributed by atoms with van der Waals surface area (Å²) < 4.78 is 1.21. The Labute approximate surface area is 116 Å². The number of carbonyl (C=O) groups is 1. The number of hydrogen-bond acceptors (Lipinski definition) is 2. The lowest BCUT2D eigenvalue weighted by Crippen LogP contribution is -2.02. The molecule has 0 heterocycles. The first kappa shape index (κ1) is 12.6. The van der Waals surface area contributed by atoms with Crippen molar-refractivity contribution < 1.29 is 4.79 Å². The van der Waals surface area contributed by atoms with Crippen molar-refractivity contribution in [2.24, 2.45) is 0 Å². The molecule has 1 N–H and O–H groups in total. The van der Waals surface area contributed by atoms with Gasteiger partial charge in [0.2, 0.25) is 0 Å². The normalized spacial score (nSPS) is 19.1. The fourth-order valence-corrected chi connectivity index (χ4v) is 2.31. The van der Waals surface area contributed by atoms with Crippen LogP contribution in [0, 0.1) is 3.57 Å². The second-order valence-electron chi connectivity index (χ2n) is 4.30. The van der Waals surface area contributed by atoms with Crippen LogP contribution in [0.15, 0.2) is 36.0 Å². The van der Waals surface area contributed by atoms with E-state index < -0.39 is 0 Å². The molecule has 2 rings (SSSR count). The van der Waals surface area contributed by atoms with Crippen LogP contribution in [0.2, 0.25) is 0 Å². The Balaban J connectivity index is 2.03. The molecule has 1 aliphatic rings. The minimum Gasteiger partial charge on any atom is -0.361 e. The Kier molecular flexibility index (Phi) is 4.59. The highest BCUT2D eigenvalue weighted by molar-refractivity contribution is 14.1. The van der Waals surface area contributed by atoms with Gasteiger partial charge in [0, 0.05) is 27.5 Å². The van der Waals surface area contributed by atoms with E-state index in [1.54, 1.807) is 0 Å². The minimum absolute atomic E-state index is 0.306. The number of halogens is 1. The van der Waals surface area contributed by atoms with Gasteiger partial charge in [-0.2, -0.15) is 0 Å². The quantitative estimate of drug-likeness (QED) is 0.498. The first-order valence-electron chi connectivity index (χ1n) is 6.00. The zero-order valence-corrected chi connectivity index (χ0v) is 11.9. The largest absolute Gasteiger partial charge is 0.361 e. The summed E-state index contributed by atoms with van der Waals surface area (Å²) in [6, 6.07) is 8.16. The Morgan fingerprint density at radius 2 is 1.76 bits per heavy atom. The topological polar surface area (TPSA) is 29.1 Å². The molecule has 0 aromatic heterocycles. The average molecular weight is 341 g/mol. The molecule has 0 saturated heterocycles. The molecule has 1 aromatic rings. The summed E-state index contributed by atoms with van der Waals surface area (Å²) in [5.74, 6) is 0.306. The van der Waals surface area contributed by atoms with Crippen molar-refractivity contribution >= 4 is 34.1 Å². The zero-order valence-electron chi connectivity index (χ0n) is 9.71. The van der Waals surface area contributed by atoms with Crippen molar-refractivity contribution in [1.29, 1.82) is 0 Å². The molecule has 0 atom stereocenters. The molecule has 3 heteroatoms. The van der Waals surface area contributed by atoms with Gasteiger partial charge in [-0.3, -0.25) is 4.79 Å². The molecule has 0 amide bonds. The Morgan fingerprint density at radius 3 is 2.53 bits per heavy atom. The lowest BCUT2D eigenvalue weighted by molar-refractivity contribution is -0.115. The molecule has 0 unspecified atom stereocenters. The number of carbonyl (C=O) groups excluding carboxylic acids is 1. The summed E-state index contributed by atoms with van der Waals surface area (Å²) in [4.78, 5) is 11.8. The first-order valence-corrected chi connectivity index (χ1v) is 7.08. The summed E-state index contributed by atoms with van der Waals surface area (Å²) in [5.41, 5.74) is 1.98. The van der Waals surface area contributed by atoms with Gasteiger partial charge < -0.3 is 5.32 Å². The molecular formula is C14H16INO. The molecule has 17 heavy (non-hydrogen) atoms. The third kappa shape index (κ3) is 3.84. The van der Waals surface area contributed by atoms with E-state index in [0.717, 1.165) is 30.5 Å². The summed E-state index contributed by atoms with van der Waals surface area (Å²) >= 11 is 2.28. The van der Waals surface area contributed by atoms with E-state index in [1.807, 2.05) is 18.3 Å². The molecule has 90 valence electrons. The van der Waals surface area contributed by atoms with Crippen LogP contribution in [0.5, 0.6) is 0 Å². The van der Waals surface area contributed by atoms with E-state index >= 15 is 0 Å². The predicted octanol–water partition coefficient (Wildman–Crippen LogP) is 4.12. The summed E-state index contributed by atoms with van der Waals surface area (Å²) in [5, 5.41) is 3.21. The first-order chi connectivity index (χ1) is 8.25. The number of anilines is 1. The molecule has 0 spiro atoms. The summed E-state index contributed by atoms with van der Waals surface area (Å²) in [6.07, 6.45) is 6.85. The molecule has 1 fully saturated rings.